The molecule has 0 aromatic heterocycles. The number of carbonyl (C=O) groups excluding carboxylic acids is 1. The third-order valence-corrected chi connectivity index (χ3v) is 3.38. The van der Waals surface area contributed by atoms with Gasteiger partial charge in [-0.2, -0.15) is 0 Å². The molecule has 1 unspecified atom stereocenters. The second-order valence-corrected chi connectivity index (χ2v) is 5.36. The third kappa shape index (κ3) is 2.82. The fourth-order valence-corrected chi connectivity index (χ4v) is 1.62. The number of alkyl halides is 1. The van der Waals surface area contributed by atoms with E-state index in [0.29, 0.717) is 5.56 Å². The van der Waals surface area contributed by atoms with Crippen molar-refractivity contribution in [3.8, 4) is 0 Å². The number of hydrogen-bond acceptors (Lipinski definition) is 2. The molecule has 4 heteroatoms. The molecular weight excluding hydrogens is 316 g/mol. The monoisotopic (exact) mass is 322 g/mol. The molecule has 1 rings (SSSR count). The summed E-state index contributed by atoms with van der Waals surface area (Å²) in [6.07, 6.45) is 0. The van der Waals surface area contributed by atoms with Crippen LogP contribution >= 0.6 is 44.5 Å². The van der Waals surface area contributed by atoms with E-state index in [1.807, 2.05) is 13.0 Å². The van der Waals surface area contributed by atoms with E-state index in [-0.39, 0.29) is 10.6 Å². The number of benzene rings is 1. The summed E-state index contributed by atoms with van der Waals surface area (Å²) >= 11 is 10.8. The highest BCUT2D eigenvalue weighted by atomic mass is 79.9. The van der Waals surface area contributed by atoms with Crippen LogP contribution in [0.2, 0.25) is 0 Å². The molecule has 0 bridgehead atoms. The summed E-state index contributed by atoms with van der Waals surface area (Å²) in [5.74, 6) is 0.0720. The number of carbonyl (C=O) groups is 1. The molecule has 1 atom stereocenters. The van der Waals surface area contributed by atoms with Crippen molar-refractivity contribution < 1.29 is 4.79 Å². The minimum Gasteiger partial charge on any atom is -0.293 e. The molecule has 0 saturated heterocycles. The molecular formula is C9H8Br2OS. The van der Waals surface area contributed by atoms with Crippen molar-refractivity contribution in [3.63, 3.8) is 0 Å². The normalized spacial score (nSPS) is 12.6. The number of ketones is 1. The van der Waals surface area contributed by atoms with Crippen molar-refractivity contribution in [2.75, 3.05) is 0 Å². The van der Waals surface area contributed by atoms with Crippen LogP contribution in [0.4, 0.5) is 0 Å². The predicted octanol–water partition coefficient (Wildman–Crippen LogP) is 3.70. The van der Waals surface area contributed by atoms with E-state index >= 15 is 0 Å². The third-order valence-electron chi connectivity index (χ3n) is 1.59. The number of Topliss-reactive ketones (excluding diaryl/α,β-unsaturated/α-hetero) is 1. The minimum atomic E-state index is -0.151. The highest BCUT2D eigenvalue weighted by molar-refractivity contribution is 9.10. The first-order chi connectivity index (χ1) is 6.02. The van der Waals surface area contributed by atoms with Crippen molar-refractivity contribution in [3.05, 3.63) is 28.2 Å². The smallest absolute Gasteiger partial charge is 0.176 e. The molecule has 0 aliphatic heterocycles. The van der Waals surface area contributed by atoms with Crippen LogP contribution < -0.4 is 0 Å². The summed E-state index contributed by atoms with van der Waals surface area (Å²) in [6, 6.07) is 5.36. The first kappa shape index (κ1) is 11.3. The molecule has 0 N–H and O–H groups in total. The lowest BCUT2D eigenvalue weighted by Gasteiger charge is -2.04. The van der Waals surface area contributed by atoms with Crippen LogP contribution in [0.1, 0.15) is 17.3 Å². The topological polar surface area (TPSA) is 17.1 Å². The lowest BCUT2D eigenvalue weighted by Crippen LogP contribution is -2.09. The zero-order valence-electron chi connectivity index (χ0n) is 6.92. The zero-order chi connectivity index (χ0) is 10.0. The van der Waals surface area contributed by atoms with E-state index in [2.05, 4.69) is 44.5 Å². The summed E-state index contributed by atoms with van der Waals surface area (Å²) < 4.78 is 0.898. The molecule has 0 aliphatic rings. The van der Waals surface area contributed by atoms with Gasteiger partial charge in [-0.15, -0.1) is 12.6 Å². The summed E-state index contributed by atoms with van der Waals surface area (Å²) in [5, 5.41) is 0. The Morgan fingerprint density at radius 2 is 2.15 bits per heavy atom. The average Bonchev–Trinajstić information content (AvgIpc) is 2.08. The first-order valence-electron chi connectivity index (χ1n) is 3.69. The van der Waals surface area contributed by atoms with Crippen LogP contribution in [-0.4, -0.2) is 10.6 Å². The standard InChI is InChI=1S/C9H8Br2OS/c1-5(10)9(12)6-2-3-7(11)8(13)4-6/h2-5,13H,1H3. The largest absolute Gasteiger partial charge is 0.293 e. The van der Waals surface area contributed by atoms with Gasteiger partial charge in [0.05, 0.1) is 4.83 Å². The Kier molecular flexibility index (Phi) is 4.01. The van der Waals surface area contributed by atoms with Gasteiger partial charge in [0.1, 0.15) is 0 Å². The van der Waals surface area contributed by atoms with E-state index in [4.69, 9.17) is 0 Å². The quantitative estimate of drug-likeness (QED) is 0.499. The number of halogens is 2. The van der Waals surface area contributed by atoms with Crippen LogP contribution in [0.5, 0.6) is 0 Å². The van der Waals surface area contributed by atoms with Gasteiger partial charge in [-0.05, 0) is 35.0 Å². The highest BCUT2D eigenvalue weighted by Crippen LogP contribution is 2.22. The van der Waals surface area contributed by atoms with E-state index in [9.17, 15) is 4.79 Å². The fourth-order valence-electron chi connectivity index (χ4n) is 0.896. The van der Waals surface area contributed by atoms with Crippen molar-refractivity contribution in [1.29, 1.82) is 0 Å². The number of rotatable bonds is 2. The molecule has 0 spiro atoms. The van der Waals surface area contributed by atoms with Gasteiger partial charge in [-0.25, -0.2) is 0 Å². The van der Waals surface area contributed by atoms with E-state index < -0.39 is 0 Å². The lowest BCUT2D eigenvalue weighted by molar-refractivity contribution is 0.0995. The first-order valence-corrected chi connectivity index (χ1v) is 5.84. The van der Waals surface area contributed by atoms with Gasteiger partial charge in [-0.3, -0.25) is 4.79 Å². The van der Waals surface area contributed by atoms with Gasteiger partial charge in [0.25, 0.3) is 0 Å². The molecule has 1 nitrogen and oxygen atoms in total. The van der Waals surface area contributed by atoms with Gasteiger partial charge in [0.15, 0.2) is 5.78 Å². The number of hydrogen-bond donors (Lipinski definition) is 1. The maximum Gasteiger partial charge on any atom is 0.176 e. The Morgan fingerprint density at radius 3 is 2.62 bits per heavy atom. The second kappa shape index (κ2) is 4.62. The molecule has 0 fully saturated rings. The van der Waals surface area contributed by atoms with E-state index in [1.54, 1.807) is 12.1 Å². The SMILES string of the molecule is CC(Br)C(=O)c1ccc(Br)c(S)c1. The van der Waals surface area contributed by atoms with Crippen LogP contribution in [0.25, 0.3) is 0 Å². The molecule has 1 aromatic rings. The Labute approximate surface area is 99.6 Å². The van der Waals surface area contributed by atoms with Gasteiger partial charge < -0.3 is 0 Å². The molecule has 1 aromatic carbocycles. The van der Waals surface area contributed by atoms with Gasteiger partial charge in [-0.1, -0.05) is 22.0 Å². The fraction of sp³-hybridized carbons (Fsp3) is 0.222. The van der Waals surface area contributed by atoms with Crippen molar-refractivity contribution >= 4 is 50.3 Å². The summed E-state index contributed by atoms with van der Waals surface area (Å²) in [4.78, 5) is 12.1. The van der Waals surface area contributed by atoms with Crippen LogP contribution in [-0.2, 0) is 0 Å². The van der Waals surface area contributed by atoms with E-state index in [0.717, 1.165) is 9.37 Å². The predicted molar refractivity (Wildman–Crippen MR) is 64.1 cm³/mol. The summed E-state index contributed by atoms with van der Waals surface area (Å²) in [5.41, 5.74) is 0.678. The molecule has 0 heterocycles. The molecule has 0 saturated carbocycles. The van der Waals surface area contributed by atoms with Crippen molar-refractivity contribution in [2.24, 2.45) is 0 Å². The average molecular weight is 324 g/mol. The Morgan fingerprint density at radius 1 is 1.54 bits per heavy atom. The van der Waals surface area contributed by atoms with Crippen LogP contribution in [0.3, 0.4) is 0 Å². The zero-order valence-corrected chi connectivity index (χ0v) is 11.0. The maximum atomic E-state index is 11.5. The lowest BCUT2D eigenvalue weighted by atomic mass is 10.1. The molecule has 0 aliphatic carbocycles. The number of thiol groups is 1. The molecule has 0 radical (unpaired) electrons. The second-order valence-electron chi connectivity index (χ2n) is 2.65. The summed E-state index contributed by atoms with van der Waals surface area (Å²) in [7, 11) is 0. The minimum absolute atomic E-state index is 0.0720. The van der Waals surface area contributed by atoms with Gasteiger partial charge in [0, 0.05) is 14.9 Å². The Balaban J connectivity index is 3.04. The molecule has 0 amide bonds. The molecule has 70 valence electrons. The van der Waals surface area contributed by atoms with Gasteiger partial charge >= 0.3 is 0 Å². The maximum absolute atomic E-state index is 11.5. The van der Waals surface area contributed by atoms with Gasteiger partial charge in [0.2, 0.25) is 0 Å². The van der Waals surface area contributed by atoms with Crippen molar-refractivity contribution in [1.82, 2.24) is 0 Å². The van der Waals surface area contributed by atoms with Crippen LogP contribution in [0, 0.1) is 0 Å². The van der Waals surface area contributed by atoms with E-state index in [1.165, 1.54) is 0 Å². The summed E-state index contributed by atoms with van der Waals surface area (Å²) in [6.45, 7) is 1.81. The van der Waals surface area contributed by atoms with Crippen LogP contribution in [0.15, 0.2) is 27.6 Å². The molecule has 13 heavy (non-hydrogen) atoms. The Hall–Kier alpha value is 0.200. The Bertz CT molecular complexity index is 336. The van der Waals surface area contributed by atoms with Crippen molar-refractivity contribution in [2.45, 2.75) is 16.6 Å². The highest BCUT2D eigenvalue weighted by Gasteiger charge is 2.12.